The van der Waals surface area contributed by atoms with Crippen LogP contribution in [-0.2, 0) is 4.79 Å². The van der Waals surface area contributed by atoms with Crippen LogP contribution in [0.2, 0.25) is 0 Å². The van der Waals surface area contributed by atoms with Gasteiger partial charge >= 0.3 is 0 Å². The lowest BCUT2D eigenvalue weighted by atomic mass is 9.74. The second kappa shape index (κ2) is 4.52. The summed E-state index contributed by atoms with van der Waals surface area (Å²) in [5, 5.41) is 6.58. The smallest absolute Gasteiger partial charge is 0.223 e. The first-order chi connectivity index (χ1) is 7.26. The number of hydrogen-bond donors (Lipinski definition) is 2. The lowest BCUT2D eigenvalue weighted by Crippen LogP contribution is -2.55. The first-order valence-corrected chi connectivity index (χ1v) is 6.28. The molecule has 1 heterocycles. The molecule has 2 rings (SSSR count). The molecule has 0 spiro atoms. The molecule has 1 amide bonds. The molecule has 0 bridgehead atoms. The van der Waals surface area contributed by atoms with Gasteiger partial charge in [-0.1, -0.05) is 6.92 Å². The summed E-state index contributed by atoms with van der Waals surface area (Å²) >= 11 is 0. The average Bonchev–Trinajstić information content (AvgIpc) is 2.24. The largest absolute Gasteiger partial charge is 0.350 e. The summed E-state index contributed by atoms with van der Waals surface area (Å²) < 4.78 is 0. The van der Waals surface area contributed by atoms with Gasteiger partial charge in [-0.2, -0.15) is 0 Å². The van der Waals surface area contributed by atoms with Crippen LogP contribution in [0.5, 0.6) is 0 Å². The SMILES string of the molecule is CCC1(NC(=O)C2CCNCC2)CCC1. The molecule has 1 saturated heterocycles. The van der Waals surface area contributed by atoms with Gasteiger partial charge in [-0.15, -0.1) is 0 Å². The zero-order chi connectivity index (χ0) is 10.7. The predicted octanol–water partition coefficient (Wildman–Crippen LogP) is 1.43. The Morgan fingerprint density at radius 3 is 2.53 bits per heavy atom. The van der Waals surface area contributed by atoms with Crippen LogP contribution < -0.4 is 10.6 Å². The Kier molecular flexibility index (Phi) is 3.29. The summed E-state index contributed by atoms with van der Waals surface area (Å²) in [6.45, 7) is 4.18. The molecule has 2 fully saturated rings. The van der Waals surface area contributed by atoms with Crippen molar-refractivity contribution in [2.75, 3.05) is 13.1 Å². The third-order valence-corrected chi connectivity index (χ3v) is 4.09. The Balaban J connectivity index is 1.85. The van der Waals surface area contributed by atoms with E-state index >= 15 is 0 Å². The fraction of sp³-hybridized carbons (Fsp3) is 0.917. The molecule has 0 aromatic rings. The molecule has 2 N–H and O–H groups in total. The van der Waals surface area contributed by atoms with Gasteiger partial charge < -0.3 is 10.6 Å². The Bertz CT molecular complexity index is 224. The summed E-state index contributed by atoms with van der Waals surface area (Å²) in [5.41, 5.74) is 0.169. The maximum Gasteiger partial charge on any atom is 0.223 e. The molecular weight excluding hydrogens is 188 g/mol. The number of amides is 1. The average molecular weight is 210 g/mol. The number of carbonyl (C=O) groups is 1. The van der Waals surface area contributed by atoms with E-state index in [0.29, 0.717) is 5.91 Å². The minimum Gasteiger partial charge on any atom is -0.350 e. The highest BCUT2D eigenvalue weighted by Gasteiger charge is 2.37. The standard InChI is InChI=1S/C12H22N2O/c1-2-12(6-3-7-12)14-11(15)10-4-8-13-9-5-10/h10,13H,2-9H2,1H3,(H,14,15). The normalized spacial score (nSPS) is 25.7. The maximum atomic E-state index is 12.0. The van der Waals surface area contributed by atoms with Crippen LogP contribution in [0.15, 0.2) is 0 Å². The van der Waals surface area contributed by atoms with Crippen molar-refractivity contribution in [3.8, 4) is 0 Å². The highest BCUT2D eigenvalue weighted by molar-refractivity contribution is 5.79. The van der Waals surface area contributed by atoms with Crippen LogP contribution in [0.25, 0.3) is 0 Å². The van der Waals surface area contributed by atoms with E-state index in [1.54, 1.807) is 0 Å². The number of piperidine rings is 1. The van der Waals surface area contributed by atoms with Gasteiger partial charge in [0.15, 0.2) is 0 Å². The van der Waals surface area contributed by atoms with Gasteiger partial charge in [0, 0.05) is 11.5 Å². The highest BCUT2D eigenvalue weighted by Crippen LogP contribution is 2.35. The summed E-state index contributed by atoms with van der Waals surface area (Å²) in [5.74, 6) is 0.563. The third kappa shape index (κ3) is 2.33. The first-order valence-electron chi connectivity index (χ1n) is 6.28. The molecule has 15 heavy (non-hydrogen) atoms. The van der Waals surface area contributed by atoms with Crippen LogP contribution in [0.1, 0.15) is 45.4 Å². The van der Waals surface area contributed by atoms with Crippen molar-refractivity contribution in [3.63, 3.8) is 0 Å². The second-order valence-corrected chi connectivity index (χ2v) is 5.00. The summed E-state index contributed by atoms with van der Waals surface area (Å²) in [6, 6.07) is 0. The molecule has 86 valence electrons. The minimum atomic E-state index is 0.169. The lowest BCUT2D eigenvalue weighted by molar-refractivity contribution is -0.129. The van der Waals surface area contributed by atoms with Crippen molar-refractivity contribution in [1.82, 2.24) is 10.6 Å². The van der Waals surface area contributed by atoms with Crippen molar-refractivity contribution in [2.24, 2.45) is 5.92 Å². The number of rotatable bonds is 3. The van der Waals surface area contributed by atoms with E-state index in [4.69, 9.17) is 0 Å². The van der Waals surface area contributed by atoms with Crippen LogP contribution in [0, 0.1) is 5.92 Å². The van der Waals surface area contributed by atoms with Crippen molar-refractivity contribution in [1.29, 1.82) is 0 Å². The van der Waals surface area contributed by atoms with Crippen LogP contribution >= 0.6 is 0 Å². The molecular formula is C12H22N2O. The molecule has 0 radical (unpaired) electrons. The fourth-order valence-corrected chi connectivity index (χ4v) is 2.62. The van der Waals surface area contributed by atoms with E-state index in [1.165, 1.54) is 19.3 Å². The molecule has 1 saturated carbocycles. The Morgan fingerprint density at radius 1 is 1.40 bits per heavy atom. The van der Waals surface area contributed by atoms with Crippen molar-refractivity contribution in [3.05, 3.63) is 0 Å². The van der Waals surface area contributed by atoms with Gasteiger partial charge in [0.2, 0.25) is 5.91 Å². The maximum absolute atomic E-state index is 12.0. The molecule has 0 atom stereocenters. The summed E-state index contributed by atoms with van der Waals surface area (Å²) in [7, 11) is 0. The van der Waals surface area contributed by atoms with E-state index in [1.807, 2.05) is 0 Å². The predicted molar refractivity (Wildman–Crippen MR) is 60.6 cm³/mol. The van der Waals surface area contributed by atoms with Gasteiger partial charge in [0.05, 0.1) is 0 Å². The van der Waals surface area contributed by atoms with E-state index in [-0.39, 0.29) is 11.5 Å². The highest BCUT2D eigenvalue weighted by atomic mass is 16.2. The van der Waals surface area contributed by atoms with Gasteiger partial charge in [0.1, 0.15) is 0 Å². The zero-order valence-electron chi connectivity index (χ0n) is 9.64. The molecule has 3 nitrogen and oxygen atoms in total. The zero-order valence-corrected chi connectivity index (χ0v) is 9.64. The second-order valence-electron chi connectivity index (χ2n) is 5.00. The van der Waals surface area contributed by atoms with Gasteiger partial charge in [0.25, 0.3) is 0 Å². The Labute approximate surface area is 92.0 Å². The van der Waals surface area contributed by atoms with Crippen LogP contribution in [0.3, 0.4) is 0 Å². The quantitative estimate of drug-likeness (QED) is 0.740. The van der Waals surface area contributed by atoms with Crippen LogP contribution in [-0.4, -0.2) is 24.5 Å². The van der Waals surface area contributed by atoms with Crippen molar-refractivity contribution < 1.29 is 4.79 Å². The molecule has 1 aliphatic carbocycles. The molecule has 0 aromatic carbocycles. The fourth-order valence-electron chi connectivity index (χ4n) is 2.62. The Morgan fingerprint density at radius 2 is 2.07 bits per heavy atom. The monoisotopic (exact) mass is 210 g/mol. The van der Waals surface area contributed by atoms with Gasteiger partial charge in [-0.3, -0.25) is 4.79 Å². The minimum absolute atomic E-state index is 0.169. The van der Waals surface area contributed by atoms with E-state index in [9.17, 15) is 4.79 Å². The summed E-state index contributed by atoms with van der Waals surface area (Å²) in [4.78, 5) is 12.0. The third-order valence-electron chi connectivity index (χ3n) is 4.09. The molecule has 1 aliphatic heterocycles. The van der Waals surface area contributed by atoms with Crippen molar-refractivity contribution in [2.45, 2.75) is 51.0 Å². The van der Waals surface area contributed by atoms with Gasteiger partial charge in [-0.25, -0.2) is 0 Å². The molecule has 3 heteroatoms. The summed E-state index contributed by atoms with van der Waals surface area (Å²) in [6.07, 6.45) is 6.74. The first kappa shape index (κ1) is 10.9. The number of carbonyl (C=O) groups excluding carboxylic acids is 1. The van der Waals surface area contributed by atoms with Gasteiger partial charge in [-0.05, 0) is 51.6 Å². The van der Waals surface area contributed by atoms with E-state index in [0.717, 1.165) is 32.4 Å². The number of nitrogens with one attached hydrogen (secondary N) is 2. The molecule has 0 aromatic heterocycles. The van der Waals surface area contributed by atoms with E-state index < -0.39 is 0 Å². The van der Waals surface area contributed by atoms with E-state index in [2.05, 4.69) is 17.6 Å². The molecule has 0 unspecified atom stereocenters. The number of hydrogen-bond acceptors (Lipinski definition) is 2. The van der Waals surface area contributed by atoms with Crippen molar-refractivity contribution >= 4 is 5.91 Å². The topological polar surface area (TPSA) is 41.1 Å². The molecule has 2 aliphatic rings. The van der Waals surface area contributed by atoms with Crippen LogP contribution in [0.4, 0.5) is 0 Å². The Hall–Kier alpha value is -0.570. The lowest BCUT2D eigenvalue weighted by Gasteiger charge is -2.43.